The van der Waals surface area contributed by atoms with Gasteiger partial charge in [0.25, 0.3) is 11.8 Å². The van der Waals surface area contributed by atoms with Crippen molar-refractivity contribution >= 4 is 34.0 Å². The zero-order chi connectivity index (χ0) is 23.2. The van der Waals surface area contributed by atoms with E-state index in [1.165, 1.54) is 11.3 Å². The molecule has 0 fully saturated rings. The number of rotatable bonds is 7. The van der Waals surface area contributed by atoms with E-state index in [2.05, 4.69) is 15.6 Å². The van der Waals surface area contributed by atoms with Crippen LogP contribution in [0, 0.1) is 0 Å². The Bertz CT molecular complexity index is 1290. The molecule has 0 bridgehead atoms. The number of hydrogen-bond acceptors (Lipinski definition) is 6. The first-order valence-electron chi connectivity index (χ1n) is 10.0. The summed E-state index contributed by atoms with van der Waals surface area (Å²) in [5, 5.41) is 7.87. The van der Waals surface area contributed by atoms with E-state index in [1.54, 1.807) is 74.9 Å². The Morgan fingerprint density at radius 2 is 1.61 bits per heavy atom. The molecule has 33 heavy (non-hydrogen) atoms. The number of carbonyl (C=O) groups is 2. The molecule has 0 saturated heterocycles. The van der Waals surface area contributed by atoms with Gasteiger partial charge in [-0.2, -0.15) is 0 Å². The number of hydrogen-bond donors (Lipinski definition) is 2. The van der Waals surface area contributed by atoms with Gasteiger partial charge in [-0.1, -0.05) is 30.3 Å². The zero-order valence-corrected chi connectivity index (χ0v) is 18.8. The Kier molecular flexibility index (Phi) is 6.66. The van der Waals surface area contributed by atoms with Gasteiger partial charge in [-0.3, -0.25) is 14.9 Å². The third-order valence-electron chi connectivity index (χ3n) is 4.86. The third-order valence-corrected chi connectivity index (χ3v) is 5.62. The number of nitrogens with zero attached hydrogens (tertiary/aromatic N) is 1. The summed E-state index contributed by atoms with van der Waals surface area (Å²) in [6.45, 7) is 0. The fourth-order valence-electron chi connectivity index (χ4n) is 3.21. The maximum absolute atomic E-state index is 13.0. The highest BCUT2D eigenvalue weighted by atomic mass is 32.1. The topological polar surface area (TPSA) is 89.5 Å². The van der Waals surface area contributed by atoms with Crippen molar-refractivity contribution in [2.75, 3.05) is 24.9 Å². The number of nitrogens with one attached hydrogen (secondary N) is 2. The van der Waals surface area contributed by atoms with Gasteiger partial charge in [-0.25, -0.2) is 4.98 Å². The van der Waals surface area contributed by atoms with Crippen molar-refractivity contribution in [2.45, 2.75) is 0 Å². The third kappa shape index (κ3) is 5.02. The van der Waals surface area contributed by atoms with Crippen LogP contribution in [0.5, 0.6) is 11.5 Å². The molecule has 2 N–H and O–H groups in total. The summed E-state index contributed by atoms with van der Waals surface area (Å²) in [5.41, 5.74) is 2.65. The van der Waals surface area contributed by atoms with Crippen molar-refractivity contribution in [3.05, 3.63) is 89.3 Å². The van der Waals surface area contributed by atoms with Crippen molar-refractivity contribution < 1.29 is 19.1 Å². The molecule has 1 heterocycles. The number of para-hydroxylation sites is 1. The van der Waals surface area contributed by atoms with Crippen LogP contribution in [-0.2, 0) is 0 Å². The van der Waals surface area contributed by atoms with Gasteiger partial charge in [0, 0.05) is 16.5 Å². The lowest BCUT2D eigenvalue weighted by Gasteiger charge is -2.11. The highest BCUT2D eigenvalue weighted by Gasteiger charge is 2.17. The molecule has 0 aliphatic rings. The number of amides is 2. The van der Waals surface area contributed by atoms with Crippen molar-refractivity contribution in [3.63, 3.8) is 0 Å². The van der Waals surface area contributed by atoms with Gasteiger partial charge in [0.2, 0.25) is 0 Å². The molecular weight excluding hydrogens is 438 g/mol. The second-order valence-electron chi connectivity index (χ2n) is 6.92. The number of anilines is 2. The summed E-state index contributed by atoms with van der Waals surface area (Å²) in [5.74, 6) is 0.649. The van der Waals surface area contributed by atoms with E-state index in [0.29, 0.717) is 39.1 Å². The minimum Gasteiger partial charge on any atom is -0.497 e. The van der Waals surface area contributed by atoms with Crippen molar-refractivity contribution in [2.24, 2.45) is 0 Å². The summed E-state index contributed by atoms with van der Waals surface area (Å²) < 4.78 is 10.7. The molecule has 3 aromatic carbocycles. The van der Waals surface area contributed by atoms with Crippen molar-refractivity contribution in [3.8, 4) is 22.8 Å². The minimum atomic E-state index is -0.377. The fourth-order valence-corrected chi connectivity index (χ4v) is 3.91. The van der Waals surface area contributed by atoms with Crippen LogP contribution in [0.2, 0.25) is 0 Å². The Labute approximate surface area is 195 Å². The molecule has 0 aliphatic carbocycles. The first kappa shape index (κ1) is 22.0. The quantitative estimate of drug-likeness (QED) is 0.390. The highest BCUT2D eigenvalue weighted by Crippen LogP contribution is 2.35. The van der Waals surface area contributed by atoms with Crippen LogP contribution in [-0.4, -0.2) is 31.0 Å². The Hall–Kier alpha value is -4.17. The number of aromatic nitrogens is 1. The van der Waals surface area contributed by atoms with Gasteiger partial charge in [-0.05, 0) is 42.5 Å². The summed E-state index contributed by atoms with van der Waals surface area (Å²) >= 11 is 1.29. The van der Waals surface area contributed by atoms with E-state index in [1.807, 2.05) is 17.5 Å². The van der Waals surface area contributed by atoms with Gasteiger partial charge < -0.3 is 14.8 Å². The molecule has 0 radical (unpaired) electrons. The fraction of sp³-hybridized carbons (Fsp3) is 0.0800. The molecule has 0 aliphatic heterocycles. The molecule has 166 valence electrons. The smallest absolute Gasteiger partial charge is 0.259 e. The number of thiazole rings is 1. The first-order valence-corrected chi connectivity index (χ1v) is 10.9. The Morgan fingerprint density at radius 3 is 2.36 bits per heavy atom. The highest BCUT2D eigenvalue weighted by molar-refractivity contribution is 7.14. The molecule has 1 aromatic heterocycles. The van der Waals surface area contributed by atoms with E-state index in [4.69, 9.17) is 9.47 Å². The molecule has 2 amide bonds. The number of methoxy groups -OCH3 is 2. The van der Waals surface area contributed by atoms with Gasteiger partial charge in [0.1, 0.15) is 11.5 Å². The average Bonchev–Trinajstić information content (AvgIpc) is 3.32. The Balaban J connectivity index is 1.54. The second-order valence-corrected chi connectivity index (χ2v) is 7.78. The van der Waals surface area contributed by atoms with Gasteiger partial charge in [-0.15, -0.1) is 11.3 Å². The normalized spacial score (nSPS) is 10.4. The molecule has 7 nitrogen and oxygen atoms in total. The van der Waals surface area contributed by atoms with Crippen LogP contribution in [0.4, 0.5) is 10.8 Å². The van der Waals surface area contributed by atoms with Crippen LogP contribution in [0.3, 0.4) is 0 Å². The van der Waals surface area contributed by atoms with Crippen molar-refractivity contribution in [1.29, 1.82) is 0 Å². The second kappa shape index (κ2) is 9.97. The molecule has 8 heteroatoms. The zero-order valence-electron chi connectivity index (χ0n) is 18.0. The van der Waals surface area contributed by atoms with E-state index < -0.39 is 0 Å². The maximum atomic E-state index is 13.0. The summed E-state index contributed by atoms with van der Waals surface area (Å²) in [6.07, 6.45) is 0. The minimum absolute atomic E-state index is 0.294. The SMILES string of the molecule is COc1ccc(OC)c(-c2csc(NC(=O)c3ccccc3NC(=O)c3ccccc3)n2)c1. The summed E-state index contributed by atoms with van der Waals surface area (Å²) in [6, 6.07) is 21.1. The molecule has 0 atom stereocenters. The van der Waals surface area contributed by atoms with E-state index in [0.717, 1.165) is 5.56 Å². The van der Waals surface area contributed by atoms with Crippen LogP contribution in [0.15, 0.2) is 78.2 Å². The standard InChI is InChI=1S/C25H21N3O4S/c1-31-17-12-13-22(32-2)19(14-17)21-15-33-25(27-21)28-24(30)18-10-6-7-11-20(18)26-23(29)16-8-4-3-5-9-16/h3-15H,1-2H3,(H,26,29)(H,27,28,30). The predicted octanol–water partition coefficient (Wildman–Crippen LogP) is 5.33. The average molecular weight is 460 g/mol. The van der Waals surface area contributed by atoms with Gasteiger partial charge in [0.15, 0.2) is 5.13 Å². The molecule has 0 spiro atoms. The van der Waals surface area contributed by atoms with E-state index in [9.17, 15) is 9.59 Å². The van der Waals surface area contributed by atoms with Gasteiger partial charge in [0.05, 0.1) is 31.2 Å². The lowest BCUT2D eigenvalue weighted by atomic mass is 10.1. The molecule has 0 unspecified atom stereocenters. The number of benzene rings is 3. The largest absolute Gasteiger partial charge is 0.497 e. The van der Waals surface area contributed by atoms with Crippen LogP contribution >= 0.6 is 11.3 Å². The monoisotopic (exact) mass is 459 g/mol. The van der Waals surface area contributed by atoms with Crippen LogP contribution in [0.1, 0.15) is 20.7 Å². The lowest BCUT2D eigenvalue weighted by Crippen LogP contribution is -2.18. The first-order chi connectivity index (χ1) is 16.1. The summed E-state index contributed by atoms with van der Waals surface area (Å²) in [7, 11) is 3.17. The lowest BCUT2D eigenvalue weighted by molar-refractivity contribution is 0.102. The Morgan fingerprint density at radius 1 is 0.848 bits per heavy atom. The van der Waals surface area contributed by atoms with Crippen LogP contribution in [0.25, 0.3) is 11.3 Å². The molecule has 4 rings (SSSR count). The van der Waals surface area contributed by atoms with E-state index in [-0.39, 0.29) is 11.8 Å². The maximum Gasteiger partial charge on any atom is 0.259 e. The molecular formula is C25H21N3O4S. The van der Waals surface area contributed by atoms with Crippen molar-refractivity contribution in [1.82, 2.24) is 4.98 Å². The number of carbonyl (C=O) groups excluding carboxylic acids is 2. The molecule has 0 saturated carbocycles. The number of ether oxygens (including phenoxy) is 2. The van der Waals surface area contributed by atoms with Crippen LogP contribution < -0.4 is 20.1 Å². The summed E-state index contributed by atoms with van der Waals surface area (Å²) in [4.78, 5) is 30.1. The van der Waals surface area contributed by atoms with Gasteiger partial charge >= 0.3 is 0 Å². The molecule has 4 aromatic rings. The van der Waals surface area contributed by atoms with E-state index >= 15 is 0 Å². The predicted molar refractivity (Wildman–Crippen MR) is 129 cm³/mol.